The largest absolute Gasteiger partial charge is 0.491 e. The molecule has 0 unspecified atom stereocenters. The van der Waals surface area contributed by atoms with Crippen molar-refractivity contribution in [2.75, 3.05) is 25.4 Å². The molecule has 0 atom stereocenters. The van der Waals surface area contributed by atoms with Crippen molar-refractivity contribution in [3.05, 3.63) is 29.3 Å². The molecule has 0 spiro atoms. The monoisotopic (exact) mass is 275 g/mol. The van der Waals surface area contributed by atoms with E-state index in [-0.39, 0.29) is 5.75 Å². The molecule has 0 N–H and O–H groups in total. The highest BCUT2D eigenvalue weighted by Gasteiger charge is 2.27. The summed E-state index contributed by atoms with van der Waals surface area (Å²) >= 11 is 5.92. The minimum Gasteiger partial charge on any atom is -0.491 e. The van der Waals surface area contributed by atoms with E-state index in [1.165, 1.54) is 4.31 Å². The predicted octanol–water partition coefficient (Wildman–Crippen LogP) is 1.75. The fraction of sp³-hybridized carbons (Fsp3) is 0.455. The highest BCUT2D eigenvalue weighted by Crippen LogP contribution is 2.23. The van der Waals surface area contributed by atoms with Gasteiger partial charge in [-0.2, -0.15) is 4.31 Å². The van der Waals surface area contributed by atoms with Crippen molar-refractivity contribution in [3.8, 4) is 5.75 Å². The molecule has 1 fully saturated rings. The fourth-order valence-electron chi connectivity index (χ4n) is 1.76. The molecule has 1 aromatic rings. The molecule has 1 heterocycles. The fourth-order valence-corrected chi connectivity index (χ4v) is 3.46. The van der Waals surface area contributed by atoms with Gasteiger partial charge in [0.15, 0.2) is 0 Å². The SMILES string of the molecule is O=S1(=O)CCCN1CCOc1ccccc1Cl. The normalized spacial score (nSPS) is 19.4. The third kappa shape index (κ3) is 3.12. The van der Waals surface area contributed by atoms with E-state index >= 15 is 0 Å². The molecule has 0 bridgehead atoms. The molecule has 1 aromatic carbocycles. The van der Waals surface area contributed by atoms with E-state index in [0.29, 0.717) is 36.9 Å². The van der Waals surface area contributed by atoms with Gasteiger partial charge in [0, 0.05) is 13.1 Å². The van der Waals surface area contributed by atoms with Crippen molar-refractivity contribution in [1.82, 2.24) is 4.31 Å². The summed E-state index contributed by atoms with van der Waals surface area (Å²) in [7, 11) is -3.03. The van der Waals surface area contributed by atoms with Crippen LogP contribution in [0.1, 0.15) is 6.42 Å². The summed E-state index contributed by atoms with van der Waals surface area (Å²) < 4.78 is 29.9. The van der Waals surface area contributed by atoms with Crippen LogP contribution in [0, 0.1) is 0 Å². The van der Waals surface area contributed by atoms with Gasteiger partial charge in [0.1, 0.15) is 12.4 Å². The minimum absolute atomic E-state index is 0.249. The van der Waals surface area contributed by atoms with Crippen LogP contribution in [0.5, 0.6) is 5.75 Å². The first-order valence-electron chi connectivity index (χ1n) is 5.45. The Balaban J connectivity index is 1.86. The van der Waals surface area contributed by atoms with Crippen LogP contribution in [-0.4, -0.2) is 38.2 Å². The third-order valence-electron chi connectivity index (χ3n) is 2.64. The lowest BCUT2D eigenvalue weighted by molar-refractivity contribution is 0.279. The molecular formula is C11H14ClNO3S. The van der Waals surface area contributed by atoms with Crippen LogP contribution in [0.3, 0.4) is 0 Å². The van der Waals surface area contributed by atoms with E-state index < -0.39 is 10.0 Å². The van der Waals surface area contributed by atoms with E-state index in [1.807, 2.05) is 12.1 Å². The molecule has 0 amide bonds. The molecule has 0 aliphatic carbocycles. The van der Waals surface area contributed by atoms with Gasteiger partial charge in [0.2, 0.25) is 10.0 Å². The number of benzene rings is 1. The van der Waals surface area contributed by atoms with Gasteiger partial charge in [0.05, 0.1) is 10.8 Å². The maximum atomic E-state index is 11.5. The van der Waals surface area contributed by atoms with Crippen LogP contribution in [0.2, 0.25) is 5.02 Å². The third-order valence-corrected chi connectivity index (χ3v) is 4.91. The maximum Gasteiger partial charge on any atom is 0.214 e. The Bertz CT molecular complexity index is 489. The quantitative estimate of drug-likeness (QED) is 0.841. The summed E-state index contributed by atoms with van der Waals surface area (Å²) in [5.41, 5.74) is 0. The van der Waals surface area contributed by atoms with Crippen LogP contribution < -0.4 is 4.74 Å². The number of halogens is 1. The molecule has 2 rings (SSSR count). The average molecular weight is 276 g/mol. The summed E-state index contributed by atoms with van der Waals surface area (Å²) in [6, 6.07) is 7.15. The van der Waals surface area contributed by atoms with Gasteiger partial charge >= 0.3 is 0 Å². The smallest absolute Gasteiger partial charge is 0.214 e. The Labute approximate surface area is 106 Å². The summed E-state index contributed by atoms with van der Waals surface area (Å²) in [5.74, 6) is 0.838. The molecule has 1 saturated heterocycles. The molecular weight excluding hydrogens is 262 g/mol. The molecule has 1 aliphatic heterocycles. The summed E-state index contributed by atoms with van der Waals surface area (Å²) in [4.78, 5) is 0. The van der Waals surface area contributed by atoms with Crippen molar-refractivity contribution < 1.29 is 13.2 Å². The average Bonchev–Trinajstić information content (AvgIpc) is 2.61. The summed E-state index contributed by atoms with van der Waals surface area (Å²) in [6.45, 7) is 1.30. The van der Waals surface area contributed by atoms with Crippen molar-refractivity contribution in [2.45, 2.75) is 6.42 Å². The molecule has 6 heteroatoms. The lowest BCUT2D eigenvalue weighted by atomic mass is 10.3. The van der Waals surface area contributed by atoms with E-state index in [1.54, 1.807) is 12.1 Å². The van der Waals surface area contributed by atoms with Gasteiger partial charge in [-0.25, -0.2) is 8.42 Å². The number of rotatable bonds is 4. The molecule has 94 valence electrons. The van der Waals surface area contributed by atoms with Gasteiger partial charge < -0.3 is 4.74 Å². The Morgan fingerprint density at radius 3 is 2.76 bits per heavy atom. The van der Waals surface area contributed by atoms with Gasteiger partial charge in [-0.15, -0.1) is 0 Å². The Hall–Kier alpha value is -0.780. The molecule has 4 nitrogen and oxygen atoms in total. The second-order valence-corrected chi connectivity index (χ2v) is 6.34. The first kappa shape index (κ1) is 12.7. The Morgan fingerprint density at radius 1 is 1.35 bits per heavy atom. The number of ether oxygens (including phenoxy) is 1. The first-order valence-corrected chi connectivity index (χ1v) is 7.43. The van der Waals surface area contributed by atoms with Crippen LogP contribution in [0.4, 0.5) is 0 Å². The van der Waals surface area contributed by atoms with Crippen molar-refractivity contribution in [1.29, 1.82) is 0 Å². The molecule has 0 radical (unpaired) electrons. The lowest BCUT2D eigenvalue weighted by Crippen LogP contribution is -2.30. The second-order valence-electron chi connectivity index (χ2n) is 3.85. The number of nitrogens with zero attached hydrogens (tertiary/aromatic N) is 1. The number of para-hydroxylation sites is 1. The van der Waals surface area contributed by atoms with Gasteiger partial charge in [-0.1, -0.05) is 23.7 Å². The van der Waals surface area contributed by atoms with E-state index in [4.69, 9.17) is 16.3 Å². The maximum absolute atomic E-state index is 11.5. The van der Waals surface area contributed by atoms with Crippen LogP contribution in [0.25, 0.3) is 0 Å². The minimum atomic E-state index is -3.03. The number of sulfonamides is 1. The van der Waals surface area contributed by atoms with Gasteiger partial charge in [0.25, 0.3) is 0 Å². The van der Waals surface area contributed by atoms with Gasteiger partial charge in [-0.3, -0.25) is 0 Å². The zero-order valence-electron chi connectivity index (χ0n) is 9.30. The van der Waals surface area contributed by atoms with Gasteiger partial charge in [-0.05, 0) is 18.6 Å². The second kappa shape index (κ2) is 5.25. The topological polar surface area (TPSA) is 46.6 Å². The highest BCUT2D eigenvalue weighted by atomic mass is 35.5. The van der Waals surface area contributed by atoms with E-state index in [0.717, 1.165) is 0 Å². The van der Waals surface area contributed by atoms with Crippen LogP contribution in [0.15, 0.2) is 24.3 Å². The molecule has 1 aliphatic rings. The number of hydrogen-bond donors (Lipinski definition) is 0. The summed E-state index contributed by atoms with van der Waals surface area (Å²) in [5, 5.41) is 0.539. The van der Waals surface area contributed by atoms with Crippen LogP contribution in [-0.2, 0) is 10.0 Å². The lowest BCUT2D eigenvalue weighted by Gasteiger charge is -2.14. The first-order chi connectivity index (χ1) is 8.09. The van der Waals surface area contributed by atoms with E-state index in [9.17, 15) is 8.42 Å². The zero-order chi connectivity index (χ0) is 12.3. The zero-order valence-corrected chi connectivity index (χ0v) is 10.9. The molecule has 17 heavy (non-hydrogen) atoms. The molecule has 0 aromatic heterocycles. The van der Waals surface area contributed by atoms with Crippen molar-refractivity contribution >= 4 is 21.6 Å². The Kier molecular flexibility index (Phi) is 3.91. The Morgan fingerprint density at radius 2 is 2.12 bits per heavy atom. The standard InChI is InChI=1S/C11H14ClNO3S/c12-10-4-1-2-5-11(10)16-8-7-13-6-3-9-17(13,14)15/h1-2,4-5H,3,6-9H2. The predicted molar refractivity (Wildman–Crippen MR) is 66.9 cm³/mol. The van der Waals surface area contributed by atoms with Crippen molar-refractivity contribution in [2.24, 2.45) is 0 Å². The number of hydrogen-bond acceptors (Lipinski definition) is 3. The highest BCUT2D eigenvalue weighted by molar-refractivity contribution is 7.89. The molecule has 0 saturated carbocycles. The van der Waals surface area contributed by atoms with Crippen LogP contribution >= 0.6 is 11.6 Å². The van der Waals surface area contributed by atoms with Crippen molar-refractivity contribution in [3.63, 3.8) is 0 Å². The summed E-state index contributed by atoms with van der Waals surface area (Å²) in [6.07, 6.45) is 0.703. The van der Waals surface area contributed by atoms with E-state index in [2.05, 4.69) is 0 Å².